The molecule has 1 aliphatic carbocycles. The molecule has 9 heteroatoms. The summed E-state index contributed by atoms with van der Waals surface area (Å²) >= 11 is -0.286. The molecule has 0 spiro atoms. The maximum absolute atomic E-state index is 15.3. The van der Waals surface area contributed by atoms with Crippen molar-refractivity contribution in [3.05, 3.63) is 59.3 Å². The maximum Gasteiger partial charge on any atom is 0.267 e. The van der Waals surface area contributed by atoms with Gasteiger partial charge in [-0.15, -0.1) is 3.89 Å². The monoisotopic (exact) mass is 407 g/mol. The van der Waals surface area contributed by atoms with E-state index in [2.05, 4.69) is 0 Å². The first-order valence-corrected chi connectivity index (χ1v) is 9.23. The van der Waals surface area contributed by atoms with Gasteiger partial charge in [0.25, 0.3) is 5.91 Å². The first-order valence-electron chi connectivity index (χ1n) is 8.56. The van der Waals surface area contributed by atoms with E-state index < -0.39 is 23.1 Å². The van der Waals surface area contributed by atoms with Crippen LogP contribution in [-0.4, -0.2) is 15.0 Å². The molecule has 1 aromatic heterocycles. The number of hydrogen-bond donors (Lipinski definition) is 3. The average Bonchev–Trinajstić information content (AvgIpc) is 3.04. The predicted molar refractivity (Wildman–Crippen MR) is 101 cm³/mol. The van der Waals surface area contributed by atoms with Crippen molar-refractivity contribution in [3.63, 3.8) is 0 Å². The summed E-state index contributed by atoms with van der Waals surface area (Å²) < 4.78 is 44.0. The molecule has 1 amide bonds. The van der Waals surface area contributed by atoms with Gasteiger partial charge in [0.2, 0.25) is 0 Å². The predicted octanol–water partition coefficient (Wildman–Crippen LogP) is 3.94. The lowest BCUT2D eigenvalue weighted by Crippen LogP contribution is -2.33. The van der Waals surface area contributed by atoms with Gasteiger partial charge in [-0.2, -0.15) is 0 Å². The number of carbonyl (C=O) groups excluding carboxylic acids is 1. The minimum absolute atomic E-state index is 0.120. The molecule has 2 aromatic carbocycles. The van der Waals surface area contributed by atoms with Crippen LogP contribution in [0.1, 0.15) is 35.2 Å². The van der Waals surface area contributed by atoms with Crippen LogP contribution in [-0.2, 0) is 5.60 Å². The van der Waals surface area contributed by atoms with Crippen molar-refractivity contribution in [3.8, 4) is 11.1 Å². The van der Waals surface area contributed by atoms with Crippen LogP contribution in [0.2, 0.25) is 0 Å². The van der Waals surface area contributed by atoms with E-state index in [1.165, 1.54) is 12.1 Å². The van der Waals surface area contributed by atoms with Gasteiger partial charge in [-0.3, -0.25) is 14.2 Å². The smallest absolute Gasteiger partial charge is 0.267 e. The molecule has 28 heavy (non-hydrogen) atoms. The largest absolute Gasteiger partial charge is 0.385 e. The molecule has 1 aliphatic rings. The molecule has 5 nitrogen and oxygen atoms in total. The van der Waals surface area contributed by atoms with E-state index in [9.17, 15) is 18.2 Å². The van der Waals surface area contributed by atoms with Gasteiger partial charge in [-0.1, -0.05) is 24.3 Å². The van der Waals surface area contributed by atoms with Crippen LogP contribution in [0.3, 0.4) is 0 Å². The summed E-state index contributed by atoms with van der Waals surface area (Å²) in [5, 5.41) is 10.2. The molecule has 0 saturated heterocycles. The van der Waals surface area contributed by atoms with Crippen LogP contribution in [0.5, 0.6) is 0 Å². The molecule has 1 fully saturated rings. The Morgan fingerprint density at radius 1 is 1.25 bits per heavy atom. The molecule has 1 saturated carbocycles. The highest BCUT2D eigenvalue weighted by Gasteiger charge is 2.36. The van der Waals surface area contributed by atoms with E-state index in [4.69, 9.17) is 5.84 Å². The number of amides is 1. The SMILES string of the molecule is NNC(=O)c1cn(SF)c2cc(F)c(-c3ccc(C4(O)CCC4)cc3)c(F)c12. The number of nitrogen functional groups attached to an aromatic ring is 1. The van der Waals surface area contributed by atoms with E-state index >= 15 is 4.39 Å². The minimum Gasteiger partial charge on any atom is -0.385 e. The van der Waals surface area contributed by atoms with Crippen molar-refractivity contribution >= 4 is 29.1 Å². The normalized spacial score (nSPS) is 15.5. The Balaban J connectivity index is 1.88. The van der Waals surface area contributed by atoms with Gasteiger partial charge in [0.1, 0.15) is 11.6 Å². The minimum atomic E-state index is -0.989. The Labute approximate surface area is 162 Å². The zero-order valence-corrected chi connectivity index (χ0v) is 15.3. The van der Waals surface area contributed by atoms with Crippen LogP contribution in [0.4, 0.5) is 12.7 Å². The highest BCUT2D eigenvalue weighted by atomic mass is 32.2. The number of nitrogens with zero attached hydrogens (tertiary/aromatic N) is 1. The number of hydrazine groups is 1. The number of nitrogens with one attached hydrogen (secondary N) is 1. The molecule has 146 valence electrons. The molecule has 0 bridgehead atoms. The number of fused-ring (bicyclic) bond motifs is 1. The second-order valence-electron chi connectivity index (χ2n) is 6.82. The fourth-order valence-corrected chi connectivity index (χ4v) is 3.97. The van der Waals surface area contributed by atoms with Crippen molar-refractivity contribution in [1.29, 1.82) is 0 Å². The van der Waals surface area contributed by atoms with Crippen LogP contribution in [0.25, 0.3) is 22.0 Å². The molecule has 3 aromatic rings. The Bertz CT molecular complexity index is 1080. The molecule has 0 unspecified atom stereocenters. The second kappa shape index (κ2) is 6.84. The lowest BCUT2D eigenvalue weighted by Gasteiger charge is -2.37. The van der Waals surface area contributed by atoms with Gasteiger partial charge in [-0.05, 0) is 36.5 Å². The van der Waals surface area contributed by atoms with Crippen LogP contribution in [0.15, 0.2) is 36.5 Å². The summed E-state index contributed by atoms with van der Waals surface area (Å²) in [5.74, 6) is 2.41. The lowest BCUT2D eigenvalue weighted by molar-refractivity contribution is -0.0387. The van der Waals surface area contributed by atoms with Crippen molar-refractivity contribution in [2.45, 2.75) is 24.9 Å². The van der Waals surface area contributed by atoms with Crippen molar-refractivity contribution < 1.29 is 22.6 Å². The highest BCUT2D eigenvalue weighted by molar-refractivity contribution is 7.92. The molecule has 0 aliphatic heterocycles. The Hall–Kier alpha value is -2.49. The topological polar surface area (TPSA) is 80.3 Å². The number of aliphatic hydroxyl groups is 1. The summed E-state index contributed by atoms with van der Waals surface area (Å²) in [5.41, 5.74) is 1.25. The number of aromatic nitrogens is 1. The molecular weight excluding hydrogens is 391 g/mol. The molecule has 0 atom stereocenters. The Morgan fingerprint density at radius 3 is 2.46 bits per heavy atom. The quantitative estimate of drug-likeness (QED) is 0.348. The number of nitrogens with two attached hydrogens (primary N) is 1. The Kier molecular flexibility index (Phi) is 4.60. The first kappa shape index (κ1) is 18.9. The van der Waals surface area contributed by atoms with Gasteiger partial charge in [0, 0.05) is 6.20 Å². The lowest BCUT2D eigenvalue weighted by atomic mass is 9.75. The third-order valence-electron chi connectivity index (χ3n) is 5.29. The number of hydrogen-bond acceptors (Lipinski definition) is 4. The highest BCUT2D eigenvalue weighted by Crippen LogP contribution is 2.42. The van der Waals surface area contributed by atoms with Crippen LogP contribution < -0.4 is 11.3 Å². The third-order valence-corrected chi connectivity index (χ3v) is 5.74. The van der Waals surface area contributed by atoms with E-state index in [1.807, 2.05) is 5.43 Å². The first-order chi connectivity index (χ1) is 13.4. The number of carbonyl (C=O) groups is 1. The van der Waals surface area contributed by atoms with Crippen molar-refractivity contribution in [2.24, 2.45) is 5.84 Å². The second-order valence-corrected chi connectivity index (χ2v) is 7.35. The molecule has 4 rings (SSSR count). The van der Waals surface area contributed by atoms with Gasteiger partial charge in [0.05, 0.1) is 27.6 Å². The van der Waals surface area contributed by atoms with Crippen molar-refractivity contribution in [2.75, 3.05) is 0 Å². The van der Waals surface area contributed by atoms with Gasteiger partial charge in [0.15, 0.2) is 12.3 Å². The third kappa shape index (κ3) is 2.78. The zero-order chi connectivity index (χ0) is 20.1. The number of benzene rings is 2. The summed E-state index contributed by atoms with van der Waals surface area (Å²) in [6.45, 7) is 0. The van der Waals surface area contributed by atoms with Crippen LogP contribution >= 0.6 is 12.3 Å². The van der Waals surface area contributed by atoms with E-state index in [0.717, 1.165) is 22.7 Å². The molecule has 4 N–H and O–H groups in total. The molecular formula is C19H16F3N3O2S. The average molecular weight is 407 g/mol. The zero-order valence-electron chi connectivity index (χ0n) is 14.5. The standard InChI is InChI=1S/C19H16F3N3O2S/c20-13-8-14-16(12(18(26)24-23)9-25(14)28-22)17(21)15(13)10-2-4-11(5-3-10)19(27)6-1-7-19/h2-5,8-9,27H,1,6-7,23H2,(H,24,26). The number of rotatable bonds is 4. The van der Waals surface area contributed by atoms with Crippen LogP contribution in [0, 0.1) is 11.6 Å². The maximum atomic E-state index is 15.3. The van der Waals surface area contributed by atoms with E-state index in [0.29, 0.717) is 18.4 Å². The van der Waals surface area contributed by atoms with Crippen molar-refractivity contribution in [1.82, 2.24) is 9.40 Å². The molecule has 1 heterocycles. The van der Waals surface area contributed by atoms with E-state index in [1.54, 1.807) is 12.1 Å². The van der Waals surface area contributed by atoms with E-state index in [-0.39, 0.29) is 39.9 Å². The number of halogens is 3. The summed E-state index contributed by atoms with van der Waals surface area (Å²) in [6, 6.07) is 7.27. The van der Waals surface area contributed by atoms with Gasteiger partial charge in [-0.25, -0.2) is 14.6 Å². The fraction of sp³-hybridized carbons (Fsp3) is 0.211. The van der Waals surface area contributed by atoms with Gasteiger partial charge < -0.3 is 5.11 Å². The van der Waals surface area contributed by atoms with Gasteiger partial charge >= 0.3 is 0 Å². The summed E-state index contributed by atoms with van der Waals surface area (Å²) in [7, 11) is 0. The Morgan fingerprint density at radius 2 is 1.93 bits per heavy atom. The fourth-order valence-electron chi connectivity index (χ4n) is 3.61. The molecule has 0 radical (unpaired) electrons. The summed E-state index contributed by atoms with van der Waals surface area (Å²) in [4.78, 5) is 12.0. The summed E-state index contributed by atoms with van der Waals surface area (Å²) in [6.07, 6.45) is 3.27.